The molecule has 0 unspecified atom stereocenters. The average molecular weight is 424 g/mol. The minimum Gasteiger partial charge on any atom is -0.310 e. The highest BCUT2D eigenvalue weighted by molar-refractivity contribution is 9.10. The zero-order chi connectivity index (χ0) is 18.2. The number of amides is 3. The monoisotopic (exact) mass is 423 g/mol. The van der Waals surface area contributed by atoms with Crippen LogP contribution in [-0.2, 0) is 21.4 Å². The molecule has 130 valence electrons. The van der Waals surface area contributed by atoms with Crippen molar-refractivity contribution in [3.05, 3.63) is 58.6 Å². The van der Waals surface area contributed by atoms with E-state index in [2.05, 4.69) is 15.9 Å². The van der Waals surface area contributed by atoms with Crippen molar-refractivity contribution in [2.75, 3.05) is 11.4 Å². The van der Waals surface area contributed by atoms with Gasteiger partial charge in [-0.1, -0.05) is 28.1 Å². The summed E-state index contributed by atoms with van der Waals surface area (Å²) >= 11 is 3.37. The second kappa shape index (κ2) is 6.58. The van der Waals surface area contributed by atoms with E-state index in [1.807, 2.05) is 24.3 Å². The summed E-state index contributed by atoms with van der Waals surface area (Å²) in [5.74, 6) is -0.372. The van der Waals surface area contributed by atoms with Crippen molar-refractivity contribution < 1.29 is 18.0 Å². The molecule has 1 aliphatic rings. The summed E-state index contributed by atoms with van der Waals surface area (Å²) in [6, 6.07) is 12.3. The van der Waals surface area contributed by atoms with Gasteiger partial charge in [0, 0.05) is 11.0 Å². The molecule has 9 heteroatoms. The molecule has 1 aliphatic heterocycles. The molecular weight excluding hydrogens is 410 g/mol. The number of nitrogens with two attached hydrogens (primary N) is 1. The number of urea groups is 1. The van der Waals surface area contributed by atoms with E-state index < -0.39 is 16.1 Å². The summed E-state index contributed by atoms with van der Waals surface area (Å²) in [6.45, 7) is 0.262. The van der Waals surface area contributed by atoms with E-state index in [9.17, 15) is 18.0 Å². The van der Waals surface area contributed by atoms with Gasteiger partial charge in [-0.05, 0) is 42.0 Å². The van der Waals surface area contributed by atoms with E-state index in [4.69, 9.17) is 5.14 Å². The Balaban J connectivity index is 1.81. The highest BCUT2D eigenvalue weighted by Gasteiger charge is 2.37. The van der Waals surface area contributed by atoms with Gasteiger partial charge < -0.3 is 4.90 Å². The van der Waals surface area contributed by atoms with Crippen molar-refractivity contribution in [2.45, 2.75) is 11.4 Å². The minimum atomic E-state index is -3.83. The number of nitrogens with zero attached hydrogens (tertiary/aromatic N) is 2. The molecule has 0 aliphatic carbocycles. The number of carbonyl (C=O) groups is 2. The first kappa shape index (κ1) is 17.6. The second-order valence-electron chi connectivity index (χ2n) is 5.54. The van der Waals surface area contributed by atoms with E-state index in [0.717, 1.165) is 14.9 Å². The Morgan fingerprint density at radius 2 is 1.76 bits per heavy atom. The fourth-order valence-corrected chi connectivity index (χ4v) is 3.53. The molecule has 25 heavy (non-hydrogen) atoms. The number of sulfonamides is 1. The topological polar surface area (TPSA) is 101 Å². The largest absolute Gasteiger partial charge is 0.332 e. The van der Waals surface area contributed by atoms with Crippen LogP contribution in [0.15, 0.2) is 57.9 Å². The van der Waals surface area contributed by atoms with E-state index >= 15 is 0 Å². The van der Waals surface area contributed by atoms with Gasteiger partial charge in [-0.25, -0.2) is 23.3 Å². The molecule has 0 atom stereocenters. The summed E-state index contributed by atoms with van der Waals surface area (Å²) in [5, 5.41) is 5.05. The molecule has 1 saturated heterocycles. The standard InChI is InChI=1S/C16H14BrN3O4S/c17-12-3-1-2-11(8-12)9-19-10-15(21)20(16(19)22)13-4-6-14(7-5-13)25(18,23)24/h1-8H,9-10H2,(H2,18,23,24). The zero-order valence-electron chi connectivity index (χ0n) is 12.9. The number of hydrogen-bond donors (Lipinski definition) is 1. The second-order valence-corrected chi connectivity index (χ2v) is 8.01. The smallest absolute Gasteiger partial charge is 0.310 e. The maximum Gasteiger partial charge on any atom is 0.332 e. The number of rotatable bonds is 4. The van der Waals surface area contributed by atoms with E-state index in [0.29, 0.717) is 12.2 Å². The summed E-state index contributed by atoms with van der Waals surface area (Å²) in [5.41, 5.74) is 1.20. The Hall–Kier alpha value is -2.23. The fourth-order valence-electron chi connectivity index (χ4n) is 2.57. The Labute approximate surface area is 153 Å². The molecule has 2 N–H and O–H groups in total. The molecule has 0 radical (unpaired) electrons. The number of carbonyl (C=O) groups excluding carboxylic acids is 2. The number of halogens is 1. The Morgan fingerprint density at radius 1 is 1.08 bits per heavy atom. The third-order valence-corrected chi connectivity index (χ3v) is 5.15. The molecule has 2 aromatic rings. The van der Waals surface area contributed by atoms with Crippen LogP contribution in [0.3, 0.4) is 0 Å². The third-order valence-electron chi connectivity index (χ3n) is 3.72. The van der Waals surface area contributed by atoms with E-state index in [1.165, 1.54) is 29.2 Å². The highest BCUT2D eigenvalue weighted by Crippen LogP contribution is 2.24. The van der Waals surface area contributed by atoms with Crippen LogP contribution in [0.1, 0.15) is 5.56 Å². The van der Waals surface area contributed by atoms with Gasteiger partial charge in [0.25, 0.3) is 5.91 Å². The minimum absolute atomic E-state index is 0.0394. The maximum absolute atomic E-state index is 12.6. The first-order chi connectivity index (χ1) is 11.8. The Bertz CT molecular complexity index is 944. The molecule has 0 spiro atoms. The van der Waals surface area contributed by atoms with Crippen LogP contribution in [0.2, 0.25) is 0 Å². The number of anilines is 1. The van der Waals surface area contributed by atoms with Crippen LogP contribution < -0.4 is 10.0 Å². The maximum atomic E-state index is 12.6. The number of imide groups is 1. The van der Waals surface area contributed by atoms with Crippen molar-refractivity contribution in [3.63, 3.8) is 0 Å². The molecule has 2 aromatic carbocycles. The van der Waals surface area contributed by atoms with Gasteiger partial charge in [-0.2, -0.15) is 0 Å². The van der Waals surface area contributed by atoms with Crippen LogP contribution in [0.4, 0.5) is 10.5 Å². The summed E-state index contributed by atoms with van der Waals surface area (Å²) in [6.07, 6.45) is 0. The Kier molecular flexibility index (Phi) is 4.63. The van der Waals surface area contributed by atoms with Gasteiger partial charge in [0.15, 0.2) is 0 Å². The van der Waals surface area contributed by atoms with Gasteiger partial charge >= 0.3 is 6.03 Å². The lowest BCUT2D eigenvalue weighted by atomic mass is 10.2. The lowest BCUT2D eigenvalue weighted by molar-refractivity contribution is -0.116. The Morgan fingerprint density at radius 3 is 2.36 bits per heavy atom. The normalized spacial score (nSPS) is 15.1. The van der Waals surface area contributed by atoms with Crippen LogP contribution in [0, 0.1) is 0 Å². The predicted octanol–water partition coefficient (Wildman–Crippen LogP) is 2.07. The summed E-state index contributed by atoms with van der Waals surface area (Å²) in [7, 11) is -3.83. The molecule has 0 aromatic heterocycles. The molecular formula is C16H14BrN3O4S. The first-order valence-electron chi connectivity index (χ1n) is 7.25. The average Bonchev–Trinajstić information content (AvgIpc) is 2.81. The number of primary sulfonamides is 1. The molecule has 3 amide bonds. The lowest BCUT2D eigenvalue weighted by Gasteiger charge is -2.17. The van der Waals surface area contributed by atoms with Crippen LogP contribution >= 0.6 is 15.9 Å². The van der Waals surface area contributed by atoms with Gasteiger partial charge in [0.05, 0.1) is 10.6 Å². The predicted molar refractivity (Wildman–Crippen MR) is 95.2 cm³/mol. The van der Waals surface area contributed by atoms with Crippen molar-refractivity contribution in [2.24, 2.45) is 5.14 Å². The summed E-state index contributed by atoms with van der Waals surface area (Å²) < 4.78 is 23.5. The molecule has 0 saturated carbocycles. The number of hydrogen-bond acceptors (Lipinski definition) is 4. The van der Waals surface area contributed by atoms with Crippen molar-refractivity contribution in [1.29, 1.82) is 0 Å². The van der Waals surface area contributed by atoms with Gasteiger partial charge in [-0.15, -0.1) is 0 Å². The van der Waals surface area contributed by atoms with Gasteiger partial charge in [-0.3, -0.25) is 4.79 Å². The van der Waals surface area contributed by atoms with Crippen molar-refractivity contribution in [3.8, 4) is 0 Å². The van der Waals surface area contributed by atoms with Gasteiger partial charge in [0.1, 0.15) is 6.54 Å². The molecule has 0 bridgehead atoms. The quantitative estimate of drug-likeness (QED) is 0.760. The molecule has 1 fully saturated rings. The number of benzene rings is 2. The fraction of sp³-hybridized carbons (Fsp3) is 0.125. The SMILES string of the molecule is NS(=O)(=O)c1ccc(N2C(=O)CN(Cc3cccc(Br)c3)C2=O)cc1. The highest BCUT2D eigenvalue weighted by atomic mass is 79.9. The van der Waals surface area contributed by atoms with Crippen molar-refractivity contribution in [1.82, 2.24) is 4.90 Å². The van der Waals surface area contributed by atoms with E-state index in [1.54, 1.807) is 0 Å². The molecule has 3 rings (SSSR count). The molecule has 1 heterocycles. The van der Waals surface area contributed by atoms with Crippen LogP contribution in [0.25, 0.3) is 0 Å². The van der Waals surface area contributed by atoms with Gasteiger partial charge in [0.2, 0.25) is 10.0 Å². The van der Waals surface area contributed by atoms with E-state index in [-0.39, 0.29) is 17.3 Å². The third kappa shape index (κ3) is 3.73. The van der Waals surface area contributed by atoms with Crippen LogP contribution in [0.5, 0.6) is 0 Å². The first-order valence-corrected chi connectivity index (χ1v) is 9.59. The summed E-state index contributed by atoms with van der Waals surface area (Å²) in [4.78, 5) is 27.2. The molecule has 7 nitrogen and oxygen atoms in total. The van der Waals surface area contributed by atoms with Crippen molar-refractivity contribution >= 4 is 43.6 Å². The zero-order valence-corrected chi connectivity index (χ0v) is 15.3. The lowest BCUT2D eigenvalue weighted by Crippen LogP contribution is -2.32. The van der Waals surface area contributed by atoms with Crippen LogP contribution in [-0.4, -0.2) is 31.8 Å².